The van der Waals surface area contributed by atoms with Gasteiger partial charge in [0, 0.05) is 46.9 Å². The molecular weight excluding hydrogens is 378 g/mol. The summed E-state index contributed by atoms with van der Waals surface area (Å²) in [6.07, 6.45) is 9.98. The molecule has 0 atom stereocenters. The average molecular weight is 397 g/mol. The van der Waals surface area contributed by atoms with E-state index in [9.17, 15) is 4.79 Å². The molecule has 0 aromatic carbocycles. The lowest BCUT2D eigenvalue weighted by atomic mass is 10.1. The van der Waals surface area contributed by atoms with E-state index in [1.807, 2.05) is 37.4 Å². The van der Waals surface area contributed by atoms with E-state index >= 15 is 0 Å². The van der Waals surface area contributed by atoms with Crippen LogP contribution in [0.3, 0.4) is 0 Å². The van der Waals surface area contributed by atoms with Crippen molar-refractivity contribution in [2.24, 2.45) is 0 Å². The molecule has 5 heterocycles. The van der Waals surface area contributed by atoms with Crippen molar-refractivity contribution >= 4 is 33.4 Å². The standard InChI is InChI=1S/C22H19N7O/c1-2-3-21(30)26-15-6-13(10-24-11-15)18-8-16-20(12-25-18)28-29-22(16)19-7-14-9-23-5-4-17(14)27-19/h4-12,27H,2-3H2,1H3,(H,26,30)(H,28,29). The highest BCUT2D eigenvalue weighted by Crippen LogP contribution is 2.30. The van der Waals surface area contributed by atoms with Gasteiger partial charge in [-0.3, -0.25) is 24.8 Å². The lowest BCUT2D eigenvalue weighted by Gasteiger charge is -2.06. The molecule has 1 amide bonds. The number of H-pyrrole nitrogens is 2. The molecule has 0 spiro atoms. The zero-order valence-corrected chi connectivity index (χ0v) is 16.3. The number of nitrogens with one attached hydrogen (secondary N) is 3. The van der Waals surface area contributed by atoms with Gasteiger partial charge in [-0.15, -0.1) is 0 Å². The molecule has 3 N–H and O–H groups in total. The fourth-order valence-electron chi connectivity index (χ4n) is 3.48. The molecule has 0 unspecified atom stereocenters. The highest BCUT2D eigenvalue weighted by atomic mass is 16.1. The molecule has 0 fully saturated rings. The maximum absolute atomic E-state index is 11.9. The second kappa shape index (κ2) is 7.40. The molecule has 0 saturated heterocycles. The van der Waals surface area contributed by atoms with Crippen LogP contribution in [-0.4, -0.2) is 36.0 Å². The summed E-state index contributed by atoms with van der Waals surface area (Å²) in [5, 5.41) is 12.4. The largest absolute Gasteiger partial charge is 0.353 e. The zero-order chi connectivity index (χ0) is 20.5. The molecule has 0 aliphatic heterocycles. The quantitative estimate of drug-likeness (QED) is 0.409. The number of nitrogens with zero attached hydrogens (tertiary/aromatic N) is 4. The third-order valence-corrected chi connectivity index (χ3v) is 4.92. The summed E-state index contributed by atoms with van der Waals surface area (Å²) in [5.41, 5.74) is 5.78. The summed E-state index contributed by atoms with van der Waals surface area (Å²) in [5.74, 6) is -0.0229. The number of fused-ring (bicyclic) bond motifs is 2. The van der Waals surface area contributed by atoms with Gasteiger partial charge in [0.15, 0.2) is 0 Å². The number of carbonyl (C=O) groups excluding carboxylic acids is 1. The van der Waals surface area contributed by atoms with E-state index in [-0.39, 0.29) is 5.91 Å². The van der Waals surface area contributed by atoms with E-state index < -0.39 is 0 Å². The van der Waals surface area contributed by atoms with Gasteiger partial charge in [0.1, 0.15) is 5.69 Å². The molecule has 0 aliphatic carbocycles. The Morgan fingerprint density at radius 3 is 2.87 bits per heavy atom. The first-order chi connectivity index (χ1) is 14.7. The van der Waals surface area contributed by atoms with Crippen molar-refractivity contribution in [3.05, 3.63) is 55.2 Å². The summed E-state index contributed by atoms with van der Waals surface area (Å²) in [7, 11) is 0. The Morgan fingerprint density at radius 1 is 1.07 bits per heavy atom. The smallest absolute Gasteiger partial charge is 0.224 e. The van der Waals surface area contributed by atoms with Gasteiger partial charge in [0.05, 0.1) is 35.0 Å². The minimum Gasteiger partial charge on any atom is -0.353 e. The molecule has 0 bridgehead atoms. The minimum atomic E-state index is -0.0229. The third-order valence-electron chi connectivity index (χ3n) is 4.92. The van der Waals surface area contributed by atoms with E-state index in [0.717, 1.165) is 50.9 Å². The van der Waals surface area contributed by atoms with Crippen LogP contribution < -0.4 is 5.32 Å². The molecule has 8 heteroatoms. The predicted octanol–water partition coefficient (Wildman–Crippen LogP) is 4.30. The number of hydrogen-bond acceptors (Lipinski definition) is 5. The summed E-state index contributed by atoms with van der Waals surface area (Å²) in [6, 6.07) is 7.82. The fraction of sp³-hybridized carbons (Fsp3) is 0.136. The van der Waals surface area contributed by atoms with E-state index in [1.54, 1.807) is 24.8 Å². The third kappa shape index (κ3) is 3.28. The first-order valence-corrected chi connectivity index (χ1v) is 9.74. The lowest BCUT2D eigenvalue weighted by Crippen LogP contribution is -2.10. The van der Waals surface area contributed by atoms with E-state index in [4.69, 9.17) is 0 Å². The molecular formula is C22H19N7O. The SMILES string of the molecule is CCCC(=O)Nc1cncc(-c2cc3c(-c4cc5cnccc5[nH]4)n[nH]c3cn2)c1. The molecule has 5 rings (SSSR count). The summed E-state index contributed by atoms with van der Waals surface area (Å²) < 4.78 is 0. The van der Waals surface area contributed by atoms with Gasteiger partial charge in [0.2, 0.25) is 5.91 Å². The number of carbonyl (C=O) groups is 1. The Kier molecular flexibility index (Phi) is 4.44. The first kappa shape index (κ1) is 18.0. The topological polar surface area (TPSA) is 112 Å². The molecule has 0 aliphatic rings. The van der Waals surface area contributed by atoms with Gasteiger partial charge in [0.25, 0.3) is 0 Å². The zero-order valence-electron chi connectivity index (χ0n) is 16.3. The Labute approximate surface area is 171 Å². The Hall–Kier alpha value is -4.07. The Balaban J connectivity index is 1.54. The van der Waals surface area contributed by atoms with Crippen LogP contribution in [0.4, 0.5) is 5.69 Å². The molecule has 0 saturated carbocycles. The van der Waals surface area contributed by atoms with Crippen LogP contribution >= 0.6 is 0 Å². The molecule has 8 nitrogen and oxygen atoms in total. The molecule has 30 heavy (non-hydrogen) atoms. The van der Waals surface area contributed by atoms with Gasteiger partial charge >= 0.3 is 0 Å². The summed E-state index contributed by atoms with van der Waals surface area (Å²) in [6.45, 7) is 1.97. The van der Waals surface area contributed by atoms with Crippen LogP contribution in [0.25, 0.3) is 44.5 Å². The van der Waals surface area contributed by atoms with Gasteiger partial charge in [-0.25, -0.2) is 0 Å². The second-order valence-corrected chi connectivity index (χ2v) is 7.09. The summed E-state index contributed by atoms with van der Waals surface area (Å²) in [4.78, 5) is 28.3. The van der Waals surface area contributed by atoms with E-state index in [0.29, 0.717) is 12.1 Å². The van der Waals surface area contributed by atoms with Crippen molar-refractivity contribution < 1.29 is 4.79 Å². The van der Waals surface area contributed by atoms with E-state index in [2.05, 4.69) is 35.5 Å². The van der Waals surface area contributed by atoms with Gasteiger partial charge in [-0.05, 0) is 30.7 Å². The van der Waals surface area contributed by atoms with Gasteiger partial charge in [-0.2, -0.15) is 5.10 Å². The number of hydrogen-bond donors (Lipinski definition) is 3. The van der Waals surface area contributed by atoms with Crippen molar-refractivity contribution in [2.75, 3.05) is 5.32 Å². The molecule has 0 radical (unpaired) electrons. The highest BCUT2D eigenvalue weighted by Gasteiger charge is 2.13. The van der Waals surface area contributed by atoms with Crippen LogP contribution in [0, 0.1) is 0 Å². The summed E-state index contributed by atoms with van der Waals surface area (Å²) >= 11 is 0. The number of anilines is 1. The van der Waals surface area contributed by atoms with Crippen molar-refractivity contribution in [3.63, 3.8) is 0 Å². The second-order valence-electron chi connectivity index (χ2n) is 7.09. The van der Waals surface area contributed by atoms with Crippen LogP contribution in [0.15, 0.2) is 55.2 Å². The minimum absolute atomic E-state index is 0.0229. The number of amides is 1. The van der Waals surface area contributed by atoms with Gasteiger partial charge < -0.3 is 10.3 Å². The van der Waals surface area contributed by atoms with Crippen LogP contribution in [0.2, 0.25) is 0 Å². The number of pyridine rings is 3. The Morgan fingerprint density at radius 2 is 2.00 bits per heavy atom. The maximum Gasteiger partial charge on any atom is 0.224 e. The number of aromatic amines is 2. The first-order valence-electron chi connectivity index (χ1n) is 9.74. The van der Waals surface area contributed by atoms with Crippen molar-refractivity contribution in [3.8, 4) is 22.6 Å². The molecule has 5 aromatic heterocycles. The number of rotatable bonds is 5. The van der Waals surface area contributed by atoms with Crippen molar-refractivity contribution in [1.82, 2.24) is 30.1 Å². The van der Waals surface area contributed by atoms with Gasteiger partial charge in [-0.1, -0.05) is 6.92 Å². The monoisotopic (exact) mass is 397 g/mol. The van der Waals surface area contributed by atoms with Crippen molar-refractivity contribution in [1.29, 1.82) is 0 Å². The van der Waals surface area contributed by atoms with Crippen LogP contribution in [0.5, 0.6) is 0 Å². The fourth-order valence-corrected chi connectivity index (χ4v) is 3.48. The lowest BCUT2D eigenvalue weighted by molar-refractivity contribution is -0.116. The predicted molar refractivity (Wildman–Crippen MR) is 116 cm³/mol. The van der Waals surface area contributed by atoms with Crippen LogP contribution in [0.1, 0.15) is 19.8 Å². The Bertz CT molecular complexity index is 1340. The maximum atomic E-state index is 11.9. The molecule has 5 aromatic rings. The number of aromatic nitrogens is 6. The van der Waals surface area contributed by atoms with Crippen LogP contribution in [-0.2, 0) is 4.79 Å². The highest BCUT2D eigenvalue weighted by molar-refractivity contribution is 5.97. The van der Waals surface area contributed by atoms with E-state index in [1.165, 1.54) is 0 Å². The average Bonchev–Trinajstić information content (AvgIpc) is 3.37. The normalized spacial score (nSPS) is 11.2. The molecule has 148 valence electrons. The van der Waals surface area contributed by atoms with Crippen molar-refractivity contribution in [2.45, 2.75) is 19.8 Å².